The molecule has 6 bridgehead atoms. The van der Waals surface area contributed by atoms with Gasteiger partial charge in [0.15, 0.2) is 6.61 Å². The maximum Gasteiger partial charge on any atom is 0.422 e. The van der Waals surface area contributed by atoms with Crippen LogP contribution < -0.4 is 30.2 Å². The number of hydrogen-bond acceptors (Lipinski definition) is 12. The molecule has 3 heterocycles. The molecule has 56 heavy (non-hydrogen) atoms. The van der Waals surface area contributed by atoms with Crippen LogP contribution >= 0.6 is 0 Å². The normalized spacial score (nSPS) is 17.9. The van der Waals surface area contributed by atoms with E-state index in [-0.39, 0.29) is 42.1 Å². The lowest BCUT2D eigenvalue weighted by atomic mass is 10.1. The number of nitrogens with zero attached hydrogens (tertiary/aromatic N) is 5. The molecule has 304 valence electrons. The highest BCUT2D eigenvalue weighted by Gasteiger charge is 2.44. The Labute approximate surface area is 324 Å². The second kappa shape index (κ2) is 17.8. The fraction of sp³-hybridized carbons (Fsp3) is 0.564. The Bertz CT molecular complexity index is 1810. The predicted octanol–water partition coefficient (Wildman–Crippen LogP) is 6.56. The Morgan fingerprint density at radius 3 is 2.36 bits per heavy atom. The van der Waals surface area contributed by atoms with Crippen molar-refractivity contribution in [3.63, 3.8) is 0 Å². The molecule has 2 amide bonds. The van der Waals surface area contributed by atoms with Crippen molar-refractivity contribution in [2.75, 3.05) is 69.7 Å². The summed E-state index contributed by atoms with van der Waals surface area (Å²) in [6, 6.07) is 11.6. The van der Waals surface area contributed by atoms with E-state index >= 15 is 0 Å². The molecule has 6 rings (SSSR count). The first kappa shape index (κ1) is 40.6. The van der Waals surface area contributed by atoms with Gasteiger partial charge in [-0.2, -0.15) is 28.1 Å². The molecule has 0 atom stereocenters. The van der Waals surface area contributed by atoms with E-state index in [0.717, 1.165) is 38.0 Å². The molecular formula is C39H51F3N8O6. The largest absolute Gasteiger partial charge is 0.494 e. The van der Waals surface area contributed by atoms with Gasteiger partial charge in [0.05, 0.1) is 18.8 Å². The van der Waals surface area contributed by atoms with Gasteiger partial charge in [-0.3, -0.25) is 4.79 Å². The van der Waals surface area contributed by atoms with Gasteiger partial charge < -0.3 is 44.7 Å². The molecule has 3 aliphatic rings. The smallest absolute Gasteiger partial charge is 0.422 e. The minimum Gasteiger partial charge on any atom is -0.494 e. The maximum absolute atomic E-state index is 13.7. The van der Waals surface area contributed by atoms with Crippen molar-refractivity contribution in [3.8, 4) is 17.5 Å². The zero-order valence-electron chi connectivity index (χ0n) is 32.2. The molecule has 3 aromatic rings. The fourth-order valence-corrected chi connectivity index (χ4v) is 6.51. The van der Waals surface area contributed by atoms with Gasteiger partial charge in [0.2, 0.25) is 11.9 Å². The molecule has 2 aromatic carbocycles. The van der Waals surface area contributed by atoms with E-state index in [9.17, 15) is 22.8 Å². The molecule has 0 spiro atoms. The van der Waals surface area contributed by atoms with Crippen LogP contribution in [0.25, 0.3) is 0 Å². The number of nitrogens with one attached hydrogen (secondary N) is 3. The third-order valence-corrected chi connectivity index (χ3v) is 9.47. The summed E-state index contributed by atoms with van der Waals surface area (Å²) in [7, 11) is 0. The highest BCUT2D eigenvalue weighted by Crippen LogP contribution is 2.46. The van der Waals surface area contributed by atoms with E-state index in [4.69, 9.17) is 18.9 Å². The number of alkyl halides is 3. The molecule has 2 fully saturated rings. The van der Waals surface area contributed by atoms with Crippen molar-refractivity contribution in [2.45, 2.75) is 77.6 Å². The van der Waals surface area contributed by atoms with E-state index in [0.29, 0.717) is 56.1 Å². The molecule has 0 radical (unpaired) electrons. The summed E-state index contributed by atoms with van der Waals surface area (Å²) in [6.07, 6.45) is 0.385. The molecule has 14 nitrogen and oxygen atoms in total. The molecule has 0 unspecified atom stereocenters. The zero-order chi connectivity index (χ0) is 39.8. The Morgan fingerprint density at radius 2 is 1.64 bits per heavy atom. The number of fused-ring (bicyclic) bond motifs is 6. The highest BCUT2D eigenvalue weighted by molar-refractivity contribution is 5.97. The van der Waals surface area contributed by atoms with Crippen LogP contribution in [0.3, 0.4) is 0 Å². The first-order chi connectivity index (χ1) is 26.7. The number of benzene rings is 2. The summed E-state index contributed by atoms with van der Waals surface area (Å²) < 4.78 is 62.1. The number of likely N-dealkylation sites (tertiary alicyclic amines) is 1. The fourth-order valence-electron chi connectivity index (χ4n) is 6.51. The number of anilines is 3. The van der Waals surface area contributed by atoms with Crippen LogP contribution in [0.4, 0.5) is 35.5 Å². The van der Waals surface area contributed by atoms with Crippen LogP contribution in [0.2, 0.25) is 0 Å². The summed E-state index contributed by atoms with van der Waals surface area (Å²) in [6.45, 7) is 8.89. The van der Waals surface area contributed by atoms with Crippen molar-refractivity contribution in [1.82, 2.24) is 30.1 Å². The first-order valence-corrected chi connectivity index (χ1v) is 19.1. The molecule has 1 aromatic heterocycles. The molecule has 1 aliphatic carbocycles. The average molecular weight is 785 g/mol. The average Bonchev–Trinajstić information content (AvgIpc) is 3.71. The van der Waals surface area contributed by atoms with E-state index < -0.39 is 30.5 Å². The predicted molar refractivity (Wildman–Crippen MR) is 203 cm³/mol. The number of halogens is 3. The summed E-state index contributed by atoms with van der Waals surface area (Å²) in [4.78, 5) is 43.5. The Balaban J connectivity index is 1.26. The molecular weight excluding hydrogens is 733 g/mol. The monoisotopic (exact) mass is 784 g/mol. The van der Waals surface area contributed by atoms with Gasteiger partial charge in [-0.25, -0.2) is 4.79 Å². The van der Waals surface area contributed by atoms with Crippen molar-refractivity contribution in [2.24, 2.45) is 5.41 Å². The molecule has 3 N–H and O–H groups in total. The van der Waals surface area contributed by atoms with Gasteiger partial charge in [0.25, 0.3) is 5.91 Å². The Kier molecular flexibility index (Phi) is 12.9. The van der Waals surface area contributed by atoms with E-state index in [1.165, 1.54) is 12.8 Å². The van der Waals surface area contributed by atoms with Crippen LogP contribution in [0.5, 0.6) is 17.5 Å². The molecule has 17 heteroatoms. The first-order valence-electron chi connectivity index (χ1n) is 19.1. The number of amides is 2. The third-order valence-electron chi connectivity index (χ3n) is 9.47. The van der Waals surface area contributed by atoms with Crippen molar-refractivity contribution < 1.29 is 41.7 Å². The lowest BCUT2D eigenvalue weighted by molar-refractivity contribution is -0.154. The minimum absolute atomic E-state index is 0.0328. The summed E-state index contributed by atoms with van der Waals surface area (Å²) in [5.41, 5.74) is 0.871. The number of aromatic nitrogens is 3. The Morgan fingerprint density at radius 1 is 0.911 bits per heavy atom. The van der Waals surface area contributed by atoms with Gasteiger partial charge in [0.1, 0.15) is 17.1 Å². The Hall–Kier alpha value is -5.06. The van der Waals surface area contributed by atoms with E-state index in [2.05, 4.69) is 35.8 Å². The van der Waals surface area contributed by atoms with Crippen LogP contribution in [0.1, 0.15) is 75.2 Å². The standard InChI is InChI=1S/C39H51F3N8O6/c1-37(2,3)56-36(52)50-17-7-19-53-29-10-6-9-27(21-29)23-43-33-46-34(48-35(47-33)55-26-39(40,41)42)45-28-11-12-30(31(22-28)54-20-8-18-50)32(51)44-24-38(13-14-38)25-49-15-4-5-16-49/h6,9-12,21-22H,4-5,7-8,13-20,23-26H2,1-3H3,(H,44,51)(H2,43,45,46,47,48). The lowest BCUT2D eigenvalue weighted by Crippen LogP contribution is -2.39. The summed E-state index contributed by atoms with van der Waals surface area (Å²) >= 11 is 0. The second-order valence-corrected chi connectivity index (χ2v) is 15.5. The highest BCUT2D eigenvalue weighted by atomic mass is 19.4. The third kappa shape index (κ3) is 12.5. The number of rotatable bonds is 7. The number of ether oxygens (including phenoxy) is 4. The number of carbonyl (C=O) groups excluding carboxylic acids is 2. The van der Waals surface area contributed by atoms with Gasteiger partial charge in [0, 0.05) is 49.9 Å². The molecule has 1 saturated carbocycles. The van der Waals surface area contributed by atoms with Crippen LogP contribution in [-0.4, -0.2) is 108 Å². The minimum atomic E-state index is -4.62. The molecule has 1 saturated heterocycles. The maximum atomic E-state index is 13.7. The van der Waals surface area contributed by atoms with Crippen molar-refractivity contribution in [1.29, 1.82) is 0 Å². The quantitative estimate of drug-likeness (QED) is 0.238. The van der Waals surface area contributed by atoms with Crippen LogP contribution in [0.15, 0.2) is 42.5 Å². The lowest BCUT2D eigenvalue weighted by Gasteiger charge is -2.27. The van der Waals surface area contributed by atoms with E-state index in [1.54, 1.807) is 29.2 Å². The second-order valence-electron chi connectivity index (χ2n) is 15.5. The van der Waals surface area contributed by atoms with Crippen LogP contribution in [0, 0.1) is 5.41 Å². The summed E-state index contributed by atoms with van der Waals surface area (Å²) in [5.74, 6) is 0.432. The van der Waals surface area contributed by atoms with Gasteiger partial charge >= 0.3 is 18.3 Å². The van der Waals surface area contributed by atoms with Crippen molar-refractivity contribution >= 4 is 29.6 Å². The molecule has 2 aliphatic heterocycles. The van der Waals surface area contributed by atoms with E-state index in [1.807, 2.05) is 39.0 Å². The van der Waals surface area contributed by atoms with Gasteiger partial charge in [-0.05, 0) is 102 Å². The SMILES string of the molecule is CC(C)(C)OC(=O)N1CCCOc2cccc(c2)CNc2nc(nc(OCC(F)(F)F)n2)Nc2ccc(C(=O)NCC3(CN4CCCC4)CC3)c(c2)OCCC1. The zero-order valence-corrected chi connectivity index (χ0v) is 32.2. The topological polar surface area (TPSA) is 152 Å². The summed E-state index contributed by atoms with van der Waals surface area (Å²) in [5, 5.41) is 9.16. The number of hydrogen-bond donors (Lipinski definition) is 3. The van der Waals surface area contributed by atoms with Gasteiger partial charge in [-0.15, -0.1) is 0 Å². The van der Waals surface area contributed by atoms with Gasteiger partial charge in [-0.1, -0.05) is 12.1 Å². The van der Waals surface area contributed by atoms with Crippen molar-refractivity contribution in [3.05, 3.63) is 53.6 Å². The van der Waals surface area contributed by atoms with Crippen LogP contribution in [-0.2, 0) is 11.3 Å². The number of carbonyl (C=O) groups is 2.